The summed E-state index contributed by atoms with van der Waals surface area (Å²) in [7, 11) is 0. The molecular formula is C13H20N6O. The molecule has 0 saturated carbocycles. The van der Waals surface area contributed by atoms with Gasteiger partial charge in [0.25, 0.3) is 5.91 Å². The molecule has 1 atom stereocenters. The monoisotopic (exact) mass is 276 g/mol. The fourth-order valence-electron chi connectivity index (χ4n) is 1.91. The molecule has 20 heavy (non-hydrogen) atoms. The van der Waals surface area contributed by atoms with Crippen LogP contribution in [-0.2, 0) is 6.54 Å². The number of hydrogen-bond donors (Lipinski definition) is 2. The van der Waals surface area contributed by atoms with Crippen LogP contribution in [0.5, 0.6) is 0 Å². The van der Waals surface area contributed by atoms with Gasteiger partial charge in [0.2, 0.25) is 0 Å². The highest BCUT2D eigenvalue weighted by atomic mass is 16.2. The van der Waals surface area contributed by atoms with E-state index in [1.165, 1.54) is 6.33 Å². The second-order valence-electron chi connectivity index (χ2n) is 4.99. The number of amides is 1. The average Bonchev–Trinajstić information content (AvgIpc) is 3.07. The van der Waals surface area contributed by atoms with Crippen molar-refractivity contribution in [3.05, 3.63) is 29.6 Å². The first-order valence-corrected chi connectivity index (χ1v) is 6.76. The molecule has 0 aromatic carbocycles. The van der Waals surface area contributed by atoms with Crippen molar-refractivity contribution in [2.24, 2.45) is 0 Å². The molecule has 2 heterocycles. The molecule has 7 nitrogen and oxygen atoms in total. The van der Waals surface area contributed by atoms with Crippen molar-refractivity contribution in [3.63, 3.8) is 0 Å². The quantitative estimate of drug-likeness (QED) is 0.868. The average molecular weight is 276 g/mol. The first kappa shape index (κ1) is 14.2. The van der Waals surface area contributed by atoms with E-state index in [1.807, 2.05) is 19.9 Å². The number of aromatic amines is 1. The normalized spacial score (nSPS) is 12.7. The zero-order valence-corrected chi connectivity index (χ0v) is 12.2. The van der Waals surface area contributed by atoms with Crippen molar-refractivity contribution in [1.82, 2.24) is 30.3 Å². The lowest BCUT2D eigenvalue weighted by Gasteiger charge is -2.11. The second-order valence-corrected chi connectivity index (χ2v) is 4.99. The molecule has 2 rings (SSSR count). The van der Waals surface area contributed by atoms with Gasteiger partial charge in [-0.15, -0.1) is 0 Å². The molecular weight excluding hydrogens is 256 g/mol. The number of carbonyl (C=O) groups excluding carboxylic acids is 1. The van der Waals surface area contributed by atoms with Crippen molar-refractivity contribution in [2.45, 2.75) is 46.2 Å². The zero-order chi connectivity index (χ0) is 14.7. The maximum atomic E-state index is 12.3. The van der Waals surface area contributed by atoms with Crippen LogP contribution in [-0.4, -0.2) is 30.9 Å². The van der Waals surface area contributed by atoms with Crippen LogP contribution in [0, 0.1) is 0 Å². The summed E-state index contributed by atoms with van der Waals surface area (Å²) >= 11 is 0. The molecule has 108 valence electrons. The predicted molar refractivity (Wildman–Crippen MR) is 74.3 cm³/mol. The fourth-order valence-corrected chi connectivity index (χ4v) is 1.91. The lowest BCUT2D eigenvalue weighted by atomic mass is 10.1. The summed E-state index contributed by atoms with van der Waals surface area (Å²) in [6.07, 6.45) is 1.42. The number of aromatic nitrogens is 5. The summed E-state index contributed by atoms with van der Waals surface area (Å²) in [6, 6.07) is 1.61. The van der Waals surface area contributed by atoms with Crippen molar-refractivity contribution >= 4 is 5.91 Å². The van der Waals surface area contributed by atoms with Crippen molar-refractivity contribution < 1.29 is 4.79 Å². The van der Waals surface area contributed by atoms with Crippen LogP contribution in [0.3, 0.4) is 0 Å². The largest absolute Gasteiger partial charge is 0.341 e. The van der Waals surface area contributed by atoms with Gasteiger partial charge >= 0.3 is 0 Å². The summed E-state index contributed by atoms with van der Waals surface area (Å²) in [6.45, 7) is 8.59. The van der Waals surface area contributed by atoms with Gasteiger partial charge in [0.05, 0.1) is 11.7 Å². The second kappa shape index (κ2) is 5.85. The van der Waals surface area contributed by atoms with Crippen LogP contribution in [0.2, 0.25) is 0 Å². The number of hydrogen-bond acceptors (Lipinski definition) is 4. The molecule has 0 saturated heterocycles. The molecule has 2 N–H and O–H groups in total. The Morgan fingerprint density at radius 2 is 2.20 bits per heavy atom. The summed E-state index contributed by atoms with van der Waals surface area (Å²) in [5.41, 5.74) is 1.49. The van der Waals surface area contributed by atoms with E-state index in [-0.39, 0.29) is 11.9 Å². The molecule has 7 heteroatoms. The number of nitrogens with zero attached hydrogens (tertiary/aromatic N) is 4. The molecule has 0 bridgehead atoms. The zero-order valence-electron chi connectivity index (χ0n) is 12.2. The molecule has 0 radical (unpaired) electrons. The van der Waals surface area contributed by atoms with Gasteiger partial charge in [0.15, 0.2) is 0 Å². The Kier molecular flexibility index (Phi) is 4.16. The highest BCUT2D eigenvalue weighted by molar-refractivity contribution is 5.92. The van der Waals surface area contributed by atoms with E-state index < -0.39 is 0 Å². The Morgan fingerprint density at radius 1 is 1.45 bits per heavy atom. The van der Waals surface area contributed by atoms with Crippen LogP contribution in [0.25, 0.3) is 0 Å². The Hall–Kier alpha value is -2.18. The minimum Gasteiger partial charge on any atom is -0.341 e. The Labute approximate surface area is 117 Å². The molecule has 0 fully saturated rings. The summed E-state index contributed by atoms with van der Waals surface area (Å²) < 4.78 is 1.72. The van der Waals surface area contributed by atoms with Gasteiger partial charge in [-0.05, 0) is 25.8 Å². The third kappa shape index (κ3) is 2.87. The van der Waals surface area contributed by atoms with Crippen molar-refractivity contribution in [3.8, 4) is 0 Å². The summed E-state index contributed by atoms with van der Waals surface area (Å²) in [5, 5.41) is 13.9. The van der Waals surface area contributed by atoms with E-state index in [0.717, 1.165) is 5.69 Å². The van der Waals surface area contributed by atoms with Gasteiger partial charge in [-0.2, -0.15) is 10.2 Å². The Balaban J connectivity index is 2.16. The van der Waals surface area contributed by atoms with Gasteiger partial charge in [0.1, 0.15) is 17.8 Å². The van der Waals surface area contributed by atoms with E-state index in [9.17, 15) is 4.79 Å². The smallest absolute Gasteiger partial charge is 0.270 e. The first-order valence-electron chi connectivity index (χ1n) is 6.76. The maximum Gasteiger partial charge on any atom is 0.270 e. The minimum absolute atomic E-state index is 0.157. The third-order valence-electron chi connectivity index (χ3n) is 3.11. The molecule has 2 aromatic rings. The van der Waals surface area contributed by atoms with E-state index in [4.69, 9.17) is 0 Å². The number of nitrogens with one attached hydrogen (secondary N) is 2. The molecule has 2 aromatic heterocycles. The third-order valence-corrected chi connectivity index (χ3v) is 3.11. The molecule has 1 amide bonds. The van der Waals surface area contributed by atoms with Gasteiger partial charge in [-0.25, -0.2) is 4.98 Å². The highest BCUT2D eigenvalue weighted by Crippen LogP contribution is 2.15. The molecule has 0 aliphatic heterocycles. The topological polar surface area (TPSA) is 88.5 Å². The molecule has 0 spiro atoms. The van der Waals surface area contributed by atoms with Gasteiger partial charge < -0.3 is 5.32 Å². The van der Waals surface area contributed by atoms with Crippen LogP contribution in [0.1, 0.15) is 61.7 Å². The van der Waals surface area contributed by atoms with Gasteiger partial charge in [-0.1, -0.05) is 13.8 Å². The summed E-state index contributed by atoms with van der Waals surface area (Å²) in [5.74, 6) is 0.765. The van der Waals surface area contributed by atoms with E-state index >= 15 is 0 Å². The van der Waals surface area contributed by atoms with Crippen LogP contribution in [0.15, 0.2) is 12.4 Å². The first-order chi connectivity index (χ1) is 9.52. The number of rotatable bonds is 5. The Bertz CT molecular complexity index is 572. The lowest BCUT2D eigenvalue weighted by Crippen LogP contribution is -2.29. The molecule has 0 aliphatic rings. The van der Waals surface area contributed by atoms with Gasteiger partial charge in [-0.3, -0.25) is 14.6 Å². The minimum atomic E-state index is -0.229. The van der Waals surface area contributed by atoms with Crippen LogP contribution < -0.4 is 5.32 Å². The lowest BCUT2D eigenvalue weighted by molar-refractivity contribution is 0.0927. The van der Waals surface area contributed by atoms with Crippen LogP contribution >= 0.6 is 0 Å². The summed E-state index contributed by atoms with van der Waals surface area (Å²) in [4.78, 5) is 16.4. The van der Waals surface area contributed by atoms with E-state index in [1.54, 1.807) is 4.68 Å². The number of aryl methyl sites for hydroxylation is 1. The van der Waals surface area contributed by atoms with E-state index in [0.29, 0.717) is 24.0 Å². The van der Waals surface area contributed by atoms with E-state index in [2.05, 4.69) is 39.4 Å². The standard InChI is InChI=1S/C13H20N6O/c1-5-19-11(6-10(18-19)8(2)3)13(20)16-9(4)12-14-7-15-17-12/h6-9H,5H2,1-4H3,(H,16,20)(H,14,15,17). The molecule has 1 unspecified atom stereocenters. The fraction of sp³-hybridized carbons (Fsp3) is 0.538. The number of carbonyl (C=O) groups is 1. The number of H-pyrrole nitrogens is 1. The van der Waals surface area contributed by atoms with Gasteiger partial charge in [0, 0.05) is 6.54 Å². The maximum absolute atomic E-state index is 12.3. The van der Waals surface area contributed by atoms with Crippen molar-refractivity contribution in [1.29, 1.82) is 0 Å². The van der Waals surface area contributed by atoms with Crippen molar-refractivity contribution in [2.75, 3.05) is 0 Å². The highest BCUT2D eigenvalue weighted by Gasteiger charge is 2.19. The predicted octanol–water partition coefficient (Wildman–Crippen LogP) is 1.64. The molecule has 0 aliphatic carbocycles. The Morgan fingerprint density at radius 3 is 2.75 bits per heavy atom. The SMILES string of the molecule is CCn1nc(C(C)C)cc1C(=O)NC(C)c1ncn[nH]1. The van der Waals surface area contributed by atoms with Crippen LogP contribution in [0.4, 0.5) is 0 Å².